The first kappa shape index (κ1) is 24.2. The highest BCUT2D eigenvalue weighted by atomic mass is 127. The number of rotatable bonds is 8. The summed E-state index contributed by atoms with van der Waals surface area (Å²) in [5.74, 6) is 0.948. The van der Waals surface area contributed by atoms with Crippen LogP contribution in [0.3, 0.4) is 0 Å². The molecule has 0 atom stereocenters. The molecule has 0 aliphatic carbocycles. The first-order valence-electron chi connectivity index (χ1n) is 9.64. The Bertz CT molecular complexity index is 556. The Morgan fingerprint density at radius 2 is 2.07 bits per heavy atom. The molecule has 0 saturated carbocycles. The Morgan fingerprint density at radius 1 is 1.33 bits per heavy atom. The first-order chi connectivity index (χ1) is 12.6. The molecule has 0 unspecified atom stereocenters. The van der Waals surface area contributed by atoms with E-state index in [0.29, 0.717) is 19.1 Å². The molecule has 0 aromatic carbocycles. The summed E-state index contributed by atoms with van der Waals surface area (Å²) in [5.41, 5.74) is 1.42. The van der Waals surface area contributed by atoms with Crippen LogP contribution < -0.4 is 16.0 Å². The molecule has 8 heteroatoms. The van der Waals surface area contributed by atoms with E-state index in [-0.39, 0.29) is 35.8 Å². The Labute approximate surface area is 184 Å². The van der Waals surface area contributed by atoms with Gasteiger partial charge < -0.3 is 16.0 Å². The minimum Gasteiger partial charge on any atom is -0.357 e. The van der Waals surface area contributed by atoms with Crippen LogP contribution in [0.15, 0.2) is 21.8 Å². The van der Waals surface area contributed by atoms with Crippen molar-refractivity contribution in [2.24, 2.45) is 10.9 Å². The number of nitrogens with zero attached hydrogens (tertiary/aromatic N) is 2. The topological polar surface area (TPSA) is 68.8 Å². The van der Waals surface area contributed by atoms with Crippen LogP contribution in [-0.4, -0.2) is 55.5 Å². The molecule has 1 aliphatic rings. The number of nitrogens with one attached hydrogen (secondary N) is 3. The van der Waals surface area contributed by atoms with Gasteiger partial charge in [-0.2, -0.15) is 11.3 Å². The third-order valence-electron chi connectivity index (χ3n) is 4.46. The lowest BCUT2D eigenvalue weighted by molar-refractivity contribution is -0.123. The van der Waals surface area contributed by atoms with Gasteiger partial charge in [0, 0.05) is 44.7 Å². The SMILES string of the molecule is CCNC(=NCCNC(=O)C(C)C)NC1CCN(Cc2ccsc2)CC1.I. The summed E-state index contributed by atoms with van der Waals surface area (Å²) < 4.78 is 0. The van der Waals surface area contributed by atoms with Crippen LogP contribution in [0.5, 0.6) is 0 Å². The zero-order chi connectivity index (χ0) is 18.8. The molecule has 1 amide bonds. The molecule has 1 aromatic heterocycles. The lowest BCUT2D eigenvalue weighted by Gasteiger charge is -2.33. The number of carbonyl (C=O) groups excluding carboxylic acids is 1. The summed E-state index contributed by atoms with van der Waals surface area (Å²) in [5, 5.41) is 14.1. The molecule has 1 fully saturated rings. The standard InChI is InChI=1S/C19H33N5OS.HI/c1-4-20-19(22-9-8-21-18(25)15(2)3)23-17-5-10-24(11-6-17)13-16-7-12-26-14-16;/h7,12,14-15,17H,4-6,8-11,13H2,1-3H3,(H,21,25)(H2,20,22,23);1H. The lowest BCUT2D eigenvalue weighted by atomic mass is 10.0. The number of amides is 1. The number of carbonyl (C=O) groups is 1. The van der Waals surface area contributed by atoms with E-state index in [2.05, 4.69) is 49.6 Å². The van der Waals surface area contributed by atoms with Crippen LogP contribution in [0.4, 0.5) is 0 Å². The smallest absolute Gasteiger partial charge is 0.222 e. The Hall–Kier alpha value is -0.870. The Kier molecular flexibility index (Phi) is 11.9. The van der Waals surface area contributed by atoms with Crippen molar-refractivity contribution >= 4 is 47.2 Å². The predicted octanol–water partition coefficient (Wildman–Crippen LogP) is 2.66. The van der Waals surface area contributed by atoms with Crippen LogP contribution in [0.1, 0.15) is 39.2 Å². The summed E-state index contributed by atoms with van der Waals surface area (Å²) in [6, 6.07) is 2.67. The van der Waals surface area contributed by atoms with Gasteiger partial charge >= 0.3 is 0 Å². The van der Waals surface area contributed by atoms with E-state index in [1.54, 1.807) is 11.3 Å². The Balaban J connectivity index is 0.00000364. The van der Waals surface area contributed by atoms with Gasteiger partial charge in [-0.15, -0.1) is 24.0 Å². The molecule has 1 aromatic rings. The van der Waals surface area contributed by atoms with Crippen LogP contribution in [0.25, 0.3) is 0 Å². The largest absolute Gasteiger partial charge is 0.357 e. The highest BCUT2D eigenvalue weighted by Crippen LogP contribution is 2.15. The van der Waals surface area contributed by atoms with Gasteiger partial charge in [-0.3, -0.25) is 14.7 Å². The minimum atomic E-state index is 0. The van der Waals surface area contributed by atoms with E-state index in [1.807, 2.05) is 13.8 Å². The highest BCUT2D eigenvalue weighted by molar-refractivity contribution is 14.0. The molecular formula is C19H34IN5OS. The van der Waals surface area contributed by atoms with Gasteiger partial charge in [-0.25, -0.2) is 0 Å². The number of likely N-dealkylation sites (tertiary alicyclic amines) is 1. The van der Waals surface area contributed by atoms with Crippen LogP contribution in [-0.2, 0) is 11.3 Å². The number of guanidine groups is 1. The van der Waals surface area contributed by atoms with Crippen molar-refractivity contribution in [3.8, 4) is 0 Å². The van der Waals surface area contributed by atoms with Crippen molar-refractivity contribution in [2.45, 2.75) is 46.2 Å². The van der Waals surface area contributed by atoms with Crippen molar-refractivity contribution in [2.75, 3.05) is 32.7 Å². The zero-order valence-corrected chi connectivity index (χ0v) is 19.8. The quantitative estimate of drug-likeness (QED) is 0.219. The third kappa shape index (κ3) is 9.25. The molecule has 0 spiro atoms. The van der Waals surface area contributed by atoms with E-state index in [9.17, 15) is 4.79 Å². The van der Waals surface area contributed by atoms with E-state index in [1.165, 1.54) is 5.56 Å². The van der Waals surface area contributed by atoms with Gasteiger partial charge in [0.2, 0.25) is 5.91 Å². The van der Waals surface area contributed by atoms with Gasteiger partial charge in [0.1, 0.15) is 0 Å². The van der Waals surface area contributed by atoms with E-state index < -0.39 is 0 Å². The second kappa shape index (κ2) is 13.3. The molecule has 2 heterocycles. The average Bonchev–Trinajstić information content (AvgIpc) is 3.13. The fourth-order valence-electron chi connectivity index (χ4n) is 2.94. The van der Waals surface area contributed by atoms with Gasteiger partial charge in [0.25, 0.3) is 0 Å². The van der Waals surface area contributed by atoms with E-state index in [0.717, 1.165) is 45.0 Å². The van der Waals surface area contributed by atoms with E-state index >= 15 is 0 Å². The predicted molar refractivity (Wildman–Crippen MR) is 125 cm³/mol. The molecule has 1 aliphatic heterocycles. The summed E-state index contributed by atoms with van der Waals surface area (Å²) in [6.45, 7) is 11.1. The molecule has 0 radical (unpaired) electrons. The number of hydrogen-bond acceptors (Lipinski definition) is 4. The number of hydrogen-bond donors (Lipinski definition) is 3. The monoisotopic (exact) mass is 507 g/mol. The fraction of sp³-hybridized carbons (Fsp3) is 0.684. The summed E-state index contributed by atoms with van der Waals surface area (Å²) >= 11 is 1.77. The number of thiophene rings is 1. The molecule has 0 bridgehead atoms. The second-order valence-electron chi connectivity index (χ2n) is 7.03. The van der Waals surface area contributed by atoms with Crippen molar-refractivity contribution in [3.63, 3.8) is 0 Å². The van der Waals surface area contributed by atoms with Crippen molar-refractivity contribution < 1.29 is 4.79 Å². The minimum absolute atomic E-state index is 0. The average molecular weight is 507 g/mol. The number of aliphatic imine (C=N–C) groups is 1. The van der Waals surface area contributed by atoms with Crippen molar-refractivity contribution in [1.29, 1.82) is 0 Å². The second-order valence-corrected chi connectivity index (χ2v) is 7.81. The molecule has 2 rings (SSSR count). The summed E-state index contributed by atoms with van der Waals surface area (Å²) in [4.78, 5) is 18.7. The zero-order valence-electron chi connectivity index (χ0n) is 16.7. The van der Waals surface area contributed by atoms with E-state index in [4.69, 9.17) is 0 Å². The van der Waals surface area contributed by atoms with Gasteiger partial charge in [0.15, 0.2) is 5.96 Å². The molecule has 6 nitrogen and oxygen atoms in total. The van der Waals surface area contributed by atoms with Crippen LogP contribution in [0.2, 0.25) is 0 Å². The fourth-order valence-corrected chi connectivity index (χ4v) is 3.60. The molecular weight excluding hydrogens is 473 g/mol. The molecule has 1 saturated heterocycles. The molecule has 27 heavy (non-hydrogen) atoms. The van der Waals surface area contributed by atoms with Crippen molar-refractivity contribution in [3.05, 3.63) is 22.4 Å². The molecule has 154 valence electrons. The highest BCUT2D eigenvalue weighted by Gasteiger charge is 2.20. The summed E-state index contributed by atoms with van der Waals surface area (Å²) in [6.07, 6.45) is 2.25. The molecule has 3 N–H and O–H groups in total. The maximum absolute atomic E-state index is 11.6. The maximum Gasteiger partial charge on any atom is 0.222 e. The maximum atomic E-state index is 11.6. The third-order valence-corrected chi connectivity index (χ3v) is 5.20. The lowest BCUT2D eigenvalue weighted by Crippen LogP contribution is -2.48. The van der Waals surface area contributed by atoms with Gasteiger partial charge in [0.05, 0.1) is 6.54 Å². The van der Waals surface area contributed by atoms with Gasteiger partial charge in [-0.05, 0) is 42.2 Å². The van der Waals surface area contributed by atoms with Crippen LogP contribution >= 0.6 is 35.3 Å². The first-order valence-corrected chi connectivity index (χ1v) is 10.6. The number of piperidine rings is 1. The van der Waals surface area contributed by atoms with Crippen LogP contribution in [0, 0.1) is 5.92 Å². The van der Waals surface area contributed by atoms with Crippen molar-refractivity contribution in [1.82, 2.24) is 20.9 Å². The normalized spacial score (nSPS) is 16.1. The van der Waals surface area contributed by atoms with Gasteiger partial charge in [-0.1, -0.05) is 13.8 Å². The Morgan fingerprint density at radius 3 is 2.67 bits per heavy atom. The number of halogens is 1. The summed E-state index contributed by atoms with van der Waals surface area (Å²) in [7, 11) is 0.